The van der Waals surface area contributed by atoms with Crippen molar-refractivity contribution in [1.82, 2.24) is 4.90 Å². The molecule has 8 heteroatoms. The molecule has 1 aliphatic heterocycles. The Morgan fingerprint density at radius 2 is 1.96 bits per heavy atom. The Hall–Kier alpha value is -3.10. The fourth-order valence-corrected chi connectivity index (χ4v) is 3.92. The second kappa shape index (κ2) is 7.49. The predicted octanol–water partition coefficient (Wildman–Crippen LogP) is 4.64. The molecule has 6 nitrogen and oxygen atoms in total. The first kappa shape index (κ1) is 18.3. The van der Waals surface area contributed by atoms with Crippen LogP contribution >= 0.6 is 24.0 Å². The van der Waals surface area contributed by atoms with Crippen molar-refractivity contribution < 1.29 is 23.5 Å². The Balaban J connectivity index is 1.52. The summed E-state index contributed by atoms with van der Waals surface area (Å²) in [6.45, 7) is 0.286. The molecule has 1 saturated heterocycles. The van der Waals surface area contributed by atoms with Gasteiger partial charge in [-0.2, -0.15) is 0 Å². The SMILES string of the molecule is O=C(O)c1ccc(-c2ccc(/C=C3\SC(=S)N(Cc4ccco4)C3=O)o2)cc1. The minimum atomic E-state index is -0.983. The molecule has 0 radical (unpaired) electrons. The molecular formula is C20H13NO5S2. The first-order valence-corrected chi connectivity index (χ1v) is 9.45. The number of hydrogen-bond donors (Lipinski definition) is 1. The molecule has 28 heavy (non-hydrogen) atoms. The second-order valence-electron chi connectivity index (χ2n) is 5.93. The quantitative estimate of drug-likeness (QED) is 0.484. The number of rotatable bonds is 5. The Morgan fingerprint density at radius 3 is 2.64 bits per heavy atom. The number of thioether (sulfide) groups is 1. The molecule has 1 aromatic carbocycles. The van der Waals surface area contributed by atoms with Gasteiger partial charge in [0.15, 0.2) is 0 Å². The normalized spacial score (nSPS) is 15.6. The van der Waals surface area contributed by atoms with Gasteiger partial charge in [0, 0.05) is 11.6 Å². The van der Waals surface area contributed by atoms with Crippen LogP contribution in [-0.4, -0.2) is 26.2 Å². The highest BCUT2D eigenvalue weighted by molar-refractivity contribution is 8.26. The van der Waals surface area contributed by atoms with Gasteiger partial charge in [-0.05, 0) is 36.4 Å². The van der Waals surface area contributed by atoms with E-state index < -0.39 is 5.97 Å². The number of benzene rings is 1. The maximum absolute atomic E-state index is 12.6. The van der Waals surface area contributed by atoms with Gasteiger partial charge in [0.1, 0.15) is 21.6 Å². The van der Waals surface area contributed by atoms with E-state index in [9.17, 15) is 9.59 Å². The Bertz CT molecular complexity index is 1080. The standard InChI is InChI=1S/C20H13NO5S2/c22-18-17(28-20(27)21(18)11-15-2-1-9-25-15)10-14-7-8-16(26-14)12-3-5-13(6-4-12)19(23)24/h1-10H,11H2,(H,23,24)/b17-10-. The van der Waals surface area contributed by atoms with E-state index in [1.807, 2.05) is 0 Å². The topological polar surface area (TPSA) is 83.9 Å². The van der Waals surface area contributed by atoms with Crippen LogP contribution in [0.1, 0.15) is 21.9 Å². The zero-order valence-electron chi connectivity index (χ0n) is 14.3. The molecule has 1 N–H and O–H groups in total. The predicted molar refractivity (Wildman–Crippen MR) is 109 cm³/mol. The summed E-state index contributed by atoms with van der Waals surface area (Å²) in [7, 11) is 0. The van der Waals surface area contributed by atoms with E-state index in [1.165, 1.54) is 28.8 Å². The highest BCUT2D eigenvalue weighted by Crippen LogP contribution is 2.34. The van der Waals surface area contributed by atoms with Crippen LogP contribution in [0, 0.1) is 0 Å². The van der Waals surface area contributed by atoms with Crippen LogP contribution in [0.2, 0.25) is 0 Å². The van der Waals surface area contributed by atoms with Gasteiger partial charge in [-0.15, -0.1) is 0 Å². The zero-order valence-corrected chi connectivity index (χ0v) is 16.0. The number of aromatic carboxylic acids is 1. The molecule has 2 aromatic heterocycles. The summed E-state index contributed by atoms with van der Waals surface area (Å²) in [5, 5.41) is 8.97. The second-order valence-corrected chi connectivity index (χ2v) is 7.61. The van der Waals surface area contributed by atoms with Crippen LogP contribution in [0.5, 0.6) is 0 Å². The van der Waals surface area contributed by atoms with Gasteiger partial charge in [-0.25, -0.2) is 4.79 Å². The molecule has 0 unspecified atom stereocenters. The average Bonchev–Trinajstić information content (AvgIpc) is 3.41. The summed E-state index contributed by atoms with van der Waals surface area (Å²) in [4.78, 5) is 25.5. The minimum Gasteiger partial charge on any atom is -0.478 e. The first-order valence-electron chi connectivity index (χ1n) is 8.22. The first-order chi connectivity index (χ1) is 13.5. The summed E-state index contributed by atoms with van der Waals surface area (Å²) in [5.41, 5.74) is 0.950. The summed E-state index contributed by atoms with van der Waals surface area (Å²) < 4.78 is 11.5. The summed E-state index contributed by atoms with van der Waals surface area (Å²) in [6, 6.07) is 13.4. The lowest BCUT2D eigenvalue weighted by Gasteiger charge is -2.11. The highest BCUT2D eigenvalue weighted by Gasteiger charge is 2.32. The summed E-state index contributed by atoms with van der Waals surface area (Å²) >= 11 is 6.52. The fraction of sp³-hybridized carbons (Fsp3) is 0.0500. The molecule has 140 valence electrons. The van der Waals surface area contributed by atoms with Crippen LogP contribution in [0.25, 0.3) is 17.4 Å². The number of carbonyl (C=O) groups excluding carboxylic acids is 1. The van der Waals surface area contributed by atoms with Gasteiger partial charge in [-0.1, -0.05) is 36.1 Å². The third kappa shape index (κ3) is 3.64. The maximum Gasteiger partial charge on any atom is 0.335 e. The largest absolute Gasteiger partial charge is 0.478 e. The lowest BCUT2D eigenvalue weighted by atomic mass is 10.1. The van der Waals surface area contributed by atoms with Gasteiger partial charge in [0.05, 0.1) is 23.3 Å². The molecule has 0 saturated carbocycles. The van der Waals surface area contributed by atoms with Gasteiger partial charge in [0.25, 0.3) is 5.91 Å². The number of carboxylic acids is 1. The number of furan rings is 2. The minimum absolute atomic E-state index is 0.199. The van der Waals surface area contributed by atoms with E-state index in [1.54, 1.807) is 48.7 Å². The van der Waals surface area contributed by atoms with Gasteiger partial charge >= 0.3 is 5.97 Å². The van der Waals surface area contributed by atoms with Crippen molar-refractivity contribution in [3.8, 4) is 11.3 Å². The van der Waals surface area contributed by atoms with Crippen LogP contribution < -0.4 is 0 Å². The summed E-state index contributed by atoms with van der Waals surface area (Å²) in [5.74, 6) is 0.561. The van der Waals surface area contributed by atoms with Crippen molar-refractivity contribution in [2.45, 2.75) is 6.54 Å². The molecule has 3 aromatic rings. The molecule has 1 amide bonds. The monoisotopic (exact) mass is 411 g/mol. The summed E-state index contributed by atoms with van der Waals surface area (Å²) in [6.07, 6.45) is 3.20. The Morgan fingerprint density at radius 1 is 1.18 bits per heavy atom. The van der Waals surface area contributed by atoms with Crippen molar-refractivity contribution in [3.63, 3.8) is 0 Å². The van der Waals surface area contributed by atoms with Crippen molar-refractivity contribution in [2.75, 3.05) is 0 Å². The molecule has 1 fully saturated rings. The van der Waals surface area contributed by atoms with Crippen LogP contribution in [0.4, 0.5) is 0 Å². The molecule has 4 rings (SSSR count). The van der Waals surface area contributed by atoms with E-state index in [0.717, 1.165) is 5.56 Å². The molecule has 1 aliphatic rings. The third-order valence-electron chi connectivity index (χ3n) is 4.08. The molecule has 0 atom stereocenters. The van der Waals surface area contributed by atoms with Crippen molar-refractivity contribution in [1.29, 1.82) is 0 Å². The number of thiocarbonyl (C=S) groups is 1. The van der Waals surface area contributed by atoms with E-state index in [4.69, 9.17) is 26.2 Å². The van der Waals surface area contributed by atoms with Crippen molar-refractivity contribution in [2.24, 2.45) is 0 Å². The van der Waals surface area contributed by atoms with Crippen LogP contribution in [0.15, 0.2) is 68.5 Å². The average molecular weight is 411 g/mol. The molecule has 0 spiro atoms. The Labute approximate surface area is 169 Å². The maximum atomic E-state index is 12.6. The van der Waals surface area contributed by atoms with Gasteiger partial charge in [0.2, 0.25) is 0 Å². The number of amides is 1. The Kier molecular flexibility index (Phi) is 4.89. The van der Waals surface area contributed by atoms with E-state index in [0.29, 0.717) is 26.5 Å². The highest BCUT2D eigenvalue weighted by atomic mass is 32.2. The van der Waals surface area contributed by atoms with Crippen molar-refractivity contribution >= 4 is 46.3 Å². The van der Waals surface area contributed by atoms with Crippen molar-refractivity contribution in [3.05, 3.63) is 76.8 Å². The smallest absolute Gasteiger partial charge is 0.335 e. The van der Waals surface area contributed by atoms with E-state index in [-0.39, 0.29) is 18.0 Å². The van der Waals surface area contributed by atoms with Crippen LogP contribution in [-0.2, 0) is 11.3 Å². The lowest BCUT2D eigenvalue weighted by molar-refractivity contribution is -0.122. The third-order valence-corrected chi connectivity index (χ3v) is 5.46. The number of nitrogens with zero attached hydrogens (tertiary/aromatic N) is 1. The van der Waals surface area contributed by atoms with Crippen LogP contribution in [0.3, 0.4) is 0 Å². The van der Waals surface area contributed by atoms with Gasteiger partial charge < -0.3 is 13.9 Å². The number of hydrogen-bond acceptors (Lipinski definition) is 6. The fourth-order valence-electron chi connectivity index (χ4n) is 2.69. The zero-order chi connectivity index (χ0) is 19.7. The number of carboxylic acid groups (broad SMARTS) is 1. The lowest BCUT2D eigenvalue weighted by Crippen LogP contribution is -2.27. The number of carbonyl (C=O) groups is 2. The molecular weight excluding hydrogens is 398 g/mol. The van der Waals surface area contributed by atoms with Gasteiger partial charge in [-0.3, -0.25) is 9.69 Å². The molecule has 0 aliphatic carbocycles. The van der Waals surface area contributed by atoms with E-state index in [2.05, 4.69) is 0 Å². The molecule has 3 heterocycles. The molecule has 0 bridgehead atoms. The van der Waals surface area contributed by atoms with E-state index >= 15 is 0 Å².